The molecule has 17 heavy (non-hydrogen) atoms. The summed E-state index contributed by atoms with van der Waals surface area (Å²) in [5.74, 6) is 0. The van der Waals surface area contributed by atoms with E-state index >= 15 is 0 Å². The fraction of sp³-hybridized carbons (Fsp3) is 0.154. The molecule has 0 amide bonds. The van der Waals surface area contributed by atoms with Crippen LogP contribution < -0.4 is 5.73 Å². The molecule has 0 unspecified atom stereocenters. The summed E-state index contributed by atoms with van der Waals surface area (Å²) >= 11 is 5.03. The van der Waals surface area contributed by atoms with Crippen LogP contribution in [0.2, 0.25) is 0 Å². The van der Waals surface area contributed by atoms with E-state index in [1.807, 2.05) is 18.3 Å². The van der Waals surface area contributed by atoms with Crippen LogP contribution in [0.1, 0.15) is 5.56 Å². The van der Waals surface area contributed by atoms with Crippen molar-refractivity contribution in [3.8, 4) is 0 Å². The van der Waals surface area contributed by atoms with Crippen molar-refractivity contribution < 1.29 is 0 Å². The first-order valence-electron chi connectivity index (χ1n) is 5.36. The minimum atomic E-state index is 0.695. The maximum atomic E-state index is 5.52. The molecule has 0 radical (unpaired) electrons. The van der Waals surface area contributed by atoms with Gasteiger partial charge >= 0.3 is 0 Å². The third kappa shape index (κ3) is 3.84. The van der Waals surface area contributed by atoms with E-state index in [1.165, 1.54) is 10.5 Å². The lowest BCUT2D eigenvalue weighted by Crippen LogP contribution is -2.02. The zero-order valence-electron chi connectivity index (χ0n) is 9.27. The first kappa shape index (κ1) is 12.6. The van der Waals surface area contributed by atoms with Gasteiger partial charge in [-0.15, -0.1) is 0 Å². The van der Waals surface area contributed by atoms with Gasteiger partial charge in [-0.25, -0.2) is 4.98 Å². The number of pyridine rings is 1. The Labute approximate surface area is 114 Å². The first-order valence-corrected chi connectivity index (χ1v) is 6.97. The lowest BCUT2D eigenvalue weighted by Gasteiger charge is -2.03. The predicted molar refractivity (Wildman–Crippen MR) is 75.3 cm³/mol. The third-order valence-electron chi connectivity index (χ3n) is 2.28. The van der Waals surface area contributed by atoms with Gasteiger partial charge in [-0.1, -0.05) is 23.9 Å². The molecule has 0 aliphatic carbocycles. The van der Waals surface area contributed by atoms with Gasteiger partial charge in [0.1, 0.15) is 5.03 Å². The van der Waals surface area contributed by atoms with Gasteiger partial charge in [0.25, 0.3) is 0 Å². The van der Waals surface area contributed by atoms with Gasteiger partial charge in [0.15, 0.2) is 0 Å². The topological polar surface area (TPSA) is 38.9 Å². The molecular formula is C13H13BrN2S. The van der Waals surface area contributed by atoms with Crippen molar-refractivity contribution in [3.05, 3.63) is 52.6 Å². The van der Waals surface area contributed by atoms with Crippen LogP contribution in [0.4, 0.5) is 0 Å². The second-order valence-electron chi connectivity index (χ2n) is 3.60. The zero-order chi connectivity index (χ0) is 12.1. The van der Waals surface area contributed by atoms with Crippen molar-refractivity contribution >= 4 is 27.7 Å². The van der Waals surface area contributed by atoms with Crippen LogP contribution >= 0.6 is 27.7 Å². The first-order chi connectivity index (χ1) is 8.28. The molecule has 2 rings (SSSR count). The number of nitrogens with zero attached hydrogens (tertiary/aromatic N) is 1. The van der Waals surface area contributed by atoms with E-state index in [-0.39, 0.29) is 0 Å². The van der Waals surface area contributed by atoms with Gasteiger partial charge in [0.05, 0.1) is 0 Å². The summed E-state index contributed by atoms with van der Waals surface area (Å²) < 4.78 is 1.00. The molecule has 0 bridgehead atoms. The normalized spacial score (nSPS) is 10.5. The molecule has 0 atom stereocenters. The van der Waals surface area contributed by atoms with Crippen molar-refractivity contribution in [1.82, 2.24) is 4.98 Å². The molecule has 0 aliphatic heterocycles. The Bertz CT molecular complexity index is 468. The molecular weight excluding hydrogens is 296 g/mol. The number of hydrogen-bond acceptors (Lipinski definition) is 3. The fourth-order valence-corrected chi connectivity index (χ4v) is 2.42. The highest BCUT2D eigenvalue weighted by Crippen LogP contribution is 2.26. The highest BCUT2D eigenvalue weighted by molar-refractivity contribution is 9.10. The van der Waals surface area contributed by atoms with Crippen LogP contribution in [0, 0.1) is 0 Å². The van der Waals surface area contributed by atoms with Crippen LogP contribution in [0.25, 0.3) is 0 Å². The Morgan fingerprint density at radius 2 is 1.88 bits per heavy atom. The van der Waals surface area contributed by atoms with Crippen LogP contribution in [0.15, 0.2) is 57.0 Å². The quantitative estimate of drug-likeness (QED) is 0.939. The van der Waals surface area contributed by atoms with Crippen molar-refractivity contribution in [2.45, 2.75) is 16.3 Å². The molecule has 1 heterocycles. The number of hydrogen-bond donors (Lipinski definition) is 1. The Morgan fingerprint density at radius 1 is 1.12 bits per heavy atom. The van der Waals surface area contributed by atoms with E-state index in [9.17, 15) is 0 Å². The third-order valence-corrected chi connectivity index (χ3v) is 3.71. The Hall–Kier alpha value is -0.840. The minimum absolute atomic E-state index is 0.695. The SMILES string of the molecule is NCCc1ccc(Sc2ccc(Br)cn2)cc1. The molecule has 4 heteroatoms. The van der Waals surface area contributed by atoms with E-state index in [0.29, 0.717) is 6.54 Å². The highest BCUT2D eigenvalue weighted by Gasteiger charge is 1.99. The second-order valence-corrected chi connectivity index (χ2v) is 5.61. The van der Waals surface area contributed by atoms with Gasteiger partial charge in [-0.05, 0) is 58.7 Å². The van der Waals surface area contributed by atoms with Crippen molar-refractivity contribution in [3.63, 3.8) is 0 Å². The summed E-state index contributed by atoms with van der Waals surface area (Å²) in [7, 11) is 0. The molecule has 0 spiro atoms. The zero-order valence-corrected chi connectivity index (χ0v) is 11.7. The average molecular weight is 309 g/mol. The smallest absolute Gasteiger partial charge is 0.101 e. The summed E-state index contributed by atoms with van der Waals surface area (Å²) in [6.45, 7) is 0.695. The van der Waals surface area contributed by atoms with Crippen LogP contribution in [-0.2, 0) is 6.42 Å². The van der Waals surface area contributed by atoms with E-state index in [0.717, 1.165) is 15.9 Å². The molecule has 1 aromatic heterocycles. The van der Waals surface area contributed by atoms with Crippen molar-refractivity contribution in [2.24, 2.45) is 5.73 Å². The summed E-state index contributed by atoms with van der Waals surface area (Å²) in [4.78, 5) is 5.52. The number of aromatic nitrogens is 1. The standard InChI is InChI=1S/C13H13BrN2S/c14-11-3-6-13(16-9-11)17-12-4-1-10(2-5-12)7-8-15/h1-6,9H,7-8,15H2. The van der Waals surface area contributed by atoms with E-state index in [2.05, 4.69) is 45.2 Å². The molecule has 2 aromatic rings. The van der Waals surface area contributed by atoms with Gasteiger partial charge in [0.2, 0.25) is 0 Å². The molecule has 88 valence electrons. The lowest BCUT2D eigenvalue weighted by atomic mass is 10.2. The second kappa shape index (κ2) is 6.19. The Morgan fingerprint density at radius 3 is 2.47 bits per heavy atom. The lowest BCUT2D eigenvalue weighted by molar-refractivity contribution is 0.966. The predicted octanol–water partition coefficient (Wildman–Crippen LogP) is 3.50. The molecule has 0 saturated heterocycles. The number of halogens is 1. The molecule has 0 fully saturated rings. The number of rotatable bonds is 4. The fourth-order valence-electron chi connectivity index (χ4n) is 1.43. The van der Waals surface area contributed by atoms with Gasteiger partial charge < -0.3 is 5.73 Å². The van der Waals surface area contributed by atoms with Crippen LogP contribution in [0.3, 0.4) is 0 Å². The minimum Gasteiger partial charge on any atom is -0.330 e. The maximum absolute atomic E-state index is 5.52. The van der Waals surface area contributed by atoms with E-state index < -0.39 is 0 Å². The van der Waals surface area contributed by atoms with Gasteiger partial charge in [0, 0.05) is 15.6 Å². The van der Waals surface area contributed by atoms with Crippen molar-refractivity contribution in [1.29, 1.82) is 0 Å². The highest BCUT2D eigenvalue weighted by atomic mass is 79.9. The molecule has 0 aliphatic rings. The summed E-state index contributed by atoms with van der Waals surface area (Å²) in [6, 6.07) is 12.5. The molecule has 1 aromatic carbocycles. The summed E-state index contributed by atoms with van der Waals surface area (Å²) in [5.41, 5.74) is 6.80. The number of nitrogens with two attached hydrogens (primary N) is 1. The molecule has 2 N–H and O–H groups in total. The Kier molecular flexibility index (Phi) is 4.59. The summed E-state index contributed by atoms with van der Waals surface area (Å²) in [5, 5.41) is 1.000. The van der Waals surface area contributed by atoms with E-state index in [4.69, 9.17) is 5.73 Å². The largest absolute Gasteiger partial charge is 0.330 e. The van der Waals surface area contributed by atoms with Crippen LogP contribution in [-0.4, -0.2) is 11.5 Å². The van der Waals surface area contributed by atoms with Gasteiger partial charge in [-0.2, -0.15) is 0 Å². The average Bonchev–Trinajstić information content (AvgIpc) is 2.35. The number of benzene rings is 1. The maximum Gasteiger partial charge on any atom is 0.101 e. The molecule has 0 saturated carbocycles. The van der Waals surface area contributed by atoms with Crippen LogP contribution in [0.5, 0.6) is 0 Å². The van der Waals surface area contributed by atoms with E-state index in [1.54, 1.807) is 11.8 Å². The summed E-state index contributed by atoms with van der Waals surface area (Å²) in [6.07, 6.45) is 2.74. The Balaban J connectivity index is 2.05. The monoisotopic (exact) mass is 308 g/mol. The molecule has 2 nitrogen and oxygen atoms in total. The van der Waals surface area contributed by atoms with Gasteiger partial charge in [-0.3, -0.25) is 0 Å². The van der Waals surface area contributed by atoms with Crippen molar-refractivity contribution in [2.75, 3.05) is 6.54 Å².